The lowest BCUT2D eigenvalue weighted by Crippen LogP contribution is -2.44. The van der Waals surface area contributed by atoms with E-state index >= 15 is 0 Å². The van der Waals surface area contributed by atoms with E-state index in [0.717, 1.165) is 24.5 Å². The number of rotatable bonds is 2. The van der Waals surface area contributed by atoms with E-state index in [1.54, 1.807) is 0 Å². The zero-order valence-corrected chi connectivity index (χ0v) is 10.4. The normalized spacial score (nSPS) is 16.6. The number of benzene rings is 1. The highest BCUT2D eigenvalue weighted by atomic mass is 16.2. The molecule has 2 N–H and O–H groups in total. The molecular weight excluding hydrogens is 214 g/mol. The van der Waals surface area contributed by atoms with E-state index < -0.39 is 0 Å². The summed E-state index contributed by atoms with van der Waals surface area (Å²) in [6.07, 6.45) is 0.401. The molecule has 1 aliphatic rings. The molecule has 0 aliphatic carbocycles. The second kappa shape index (κ2) is 4.75. The van der Waals surface area contributed by atoms with E-state index in [1.807, 2.05) is 43.1 Å². The molecule has 1 heterocycles. The number of carbonyl (C=O) groups is 1. The highest BCUT2D eigenvalue weighted by Gasteiger charge is 2.24. The van der Waals surface area contributed by atoms with Crippen LogP contribution in [0.5, 0.6) is 0 Å². The summed E-state index contributed by atoms with van der Waals surface area (Å²) in [6.45, 7) is 3.46. The molecule has 2 rings (SSSR count). The summed E-state index contributed by atoms with van der Waals surface area (Å²) < 4.78 is 0. The maximum Gasteiger partial charge on any atom is 0.228 e. The first-order valence-electron chi connectivity index (χ1n) is 5.95. The molecule has 1 amide bonds. The second-order valence-electron chi connectivity index (χ2n) is 4.64. The van der Waals surface area contributed by atoms with Crippen LogP contribution in [-0.4, -0.2) is 32.1 Å². The van der Waals surface area contributed by atoms with E-state index in [-0.39, 0.29) is 11.9 Å². The van der Waals surface area contributed by atoms with Crippen LogP contribution in [0, 0.1) is 0 Å². The molecule has 0 saturated carbocycles. The Bertz CT molecular complexity index is 417. The topological polar surface area (TPSA) is 49.6 Å². The number of hydrogen-bond donors (Lipinski definition) is 1. The van der Waals surface area contributed by atoms with Crippen molar-refractivity contribution in [2.75, 3.05) is 29.9 Å². The quantitative estimate of drug-likeness (QED) is 0.835. The molecule has 92 valence electrons. The number of likely N-dealkylation sites (N-methyl/N-ethyl adjacent to an activating group) is 1. The Kier molecular flexibility index (Phi) is 3.33. The second-order valence-corrected chi connectivity index (χ2v) is 4.64. The predicted molar refractivity (Wildman–Crippen MR) is 70.3 cm³/mol. The third-order valence-corrected chi connectivity index (χ3v) is 3.04. The number of nitrogens with zero attached hydrogens (tertiary/aromatic N) is 2. The first kappa shape index (κ1) is 11.9. The molecule has 0 spiro atoms. The van der Waals surface area contributed by atoms with Gasteiger partial charge in [0.1, 0.15) is 0 Å². The van der Waals surface area contributed by atoms with Crippen molar-refractivity contribution in [1.82, 2.24) is 0 Å². The molecule has 1 aromatic rings. The van der Waals surface area contributed by atoms with Crippen LogP contribution in [0.25, 0.3) is 0 Å². The minimum absolute atomic E-state index is 0.0886. The molecule has 0 aromatic heterocycles. The Morgan fingerprint density at radius 2 is 2.00 bits per heavy atom. The molecule has 0 saturated heterocycles. The fraction of sp³-hybridized carbons (Fsp3) is 0.462. The number of hydrogen-bond acceptors (Lipinski definition) is 3. The van der Waals surface area contributed by atoms with Crippen molar-refractivity contribution in [3.63, 3.8) is 0 Å². The highest BCUT2D eigenvalue weighted by molar-refractivity contribution is 5.98. The average Bonchev–Trinajstić information content (AvgIpc) is 2.29. The SMILES string of the molecule is CC(N)CC(=O)N1CCN(C)c2ccccc21. The summed E-state index contributed by atoms with van der Waals surface area (Å²) >= 11 is 0. The van der Waals surface area contributed by atoms with Gasteiger partial charge in [-0.1, -0.05) is 12.1 Å². The van der Waals surface area contributed by atoms with Crippen LogP contribution in [0.3, 0.4) is 0 Å². The standard InChI is InChI=1S/C13H19N3O/c1-10(14)9-13(17)16-8-7-15(2)11-5-3-4-6-12(11)16/h3-6,10H,7-9,14H2,1-2H3. The number of amides is 1. The summed E-state index contributed by atoms with van der Waals surface area (Å²) in [5.41, 5.74) is 7.79. The number of carbonyl (C=O) groups excluding carboxylic acids is 1. The summed E-state index contributed by atoms with van der Waals surface area (Å²) in [6, 6.07) is 7.90. The zero-order chi connectivity index (χ0) is 12.4. The third kappa shape index (κ3) is 2.42. The first-order valence-corrected chi connectivity index (χ1v) is 5.95. The molecule has 0 radical (unpaired) electrons. The van der Waals surface area contributed by atoms with Crippen LogP contribution < -0.4 is 15.5 Å². The van der Waals surface area contributed by atoms with Gasteiger partial charge in [0.05, 0.1) is 11.4 Å². The lowest BCUT2D eigenvalue weighted by molar-refractivity contribution is -0.118. The van der Waals surface area contributed by atoms with Gasteiger partial charge in [0.2, 0.25) is 5.91 Å². The molecule has 4 heteroatoms. The Morgan fingerprint density at radius 3 is 2.65 bits per heavy atom. The van der Waals surface area contributed by atoms with Gasteiger partial charge in [0, 0.05) is 32.6 Å². The Hall–Kier alpha value is -1.55. The largest absolute Gasteiger partial charge is 0.371 e. The summed E-state index contributed by atoms with van der Waals surface area (Å²) in [4.78, 5) is 16.1. The third-order valence-electron chi connectivity index (χ3n) is 3.04. The van der Waals surface area contributed by atoms with Gasteiger partial charge in [-0.15, -0.1) is 0 Å². The van der Waals surface area contributed by atoms with Gasteiger partial charge in [0.15, 0.2) is 0 Å². The van der Waals surface area contributed by atoms with Crippen LogP contribution in [0.4, 0.5) is 11.4 Å². The van der Waals surface area contributed by atoms with E-state index in [2.05, 4.69) is 4.90 Å². The van der Waals surface area contributed by atoms with Crippen molar-refractivity contribution in [3.05, 3.63) is 24.3 Å². The lowest BCUT2D eigenvalue weighted by atomic mass is 10.1. The number of anilines is 2. The Balaban J connectivity index is 2.27. The van der Waals surface area contributed by atoms with Crippen molar-refractivity contribution < 1.29 is 4.79 Å². The first-order chi connectivity index (χ1) is 8.09. The fourth-order valence-corrected chi connectivity index (χ4v) is 2.15. The van der Waals surface area contributed by atoms with Crippen molar-refractivity contribution in [2.24, 2.45) is 5.73 Å². The van der Waals surface area contributed by atoms with E-state index in [0.29, 0.717) is 6.42 Å². The molecule has 4 nitrogen and oxygen atoms in total. The zero-order valence-electron chi connectivity index (χ0n) is 10.4. The van der Waals surface area contributed by atoms with Gasteiger partial charge in [-0.05, 0) is 19.1 Å². The smallest absolute Gasteiger partial charge is 0.228 e. The highest BCUT2D eigenvalue weighted by Crippen LogP contribution is 2.32. The van der Waals surface area contributed by atoms with Crippen LogP contribution in [0.1, 0.15) is 13.3 Å². The van der Waals surface area contributed by atoms with Gasteiger partial charge in [-0.3, -0.25) is 4.79 Å². The van der Waals surface area contributed by atoms with Gasteiger partial charge >= 0.3 is 0 Å². The maximum atomic E-state index is 12.1. The van der Waals surface area contributed by atoms with Gasteiger partial charge in [0.25, 0.3) is 0 Å². The van der Waals surface area contributed by atoms with Crippen LogP contribution in [-0.2, 0) is 4.79 Å². The molecule has 17 heavy (non-hydrogen) atoms. The van der Waals surface area contributed by atoms with Crippen molar-refractivity contribution in [3.8, 4) is 0 Å². The molecular formula is C13H19N3O. The summed E-state index contributed by atoms with van der Waals surface area (Å²) in [7, 11) is 2.05. The predicted octanol–water partition coefficient (Wildman–Crippen LogP) is 1.21. The van der Waals surface area contributed by atoms with Gasteiger partial charge in [-0.25, -0.2) is 0 Å². The average molecular weight is 233 g/mol. The molecule has 0 bridgehead atoms. The lowest BCUT2D eigenvalue weighted by Gasteiger charge is -2.35. The minimum Gasteiger partial charge on any atom is -0.371 e. The molecule has 1 aliphatic heterocycles. The maximum absolute atomic E-state index is 12.1. The van der Waals surface area contributed by atoms with Crippen molar-refractivity contribution >= 4 is 17.3 Å². The van der Waals surface area contributed by atoms with Crippen LogP contribution in [0.2, 0.25) is 0 Å². The van der Waals surface area contributed by atoms with E-state index in [9.17, 15) is 4.79 Å². The van der Waals surface area contributed by atoms with E-state index in [4.69, 9.17) is 5.73 Å². The minimum atomic E-state index is -0.0886. The Morgan fingerprint density at radius 1 is 1.35 bits per heavy atom. The fourth-order valence-electron chi connectivity index (χ4n) is 2.15. The number of fused-ring (bicyclic) bond motifs is 1. The molecule has 1 atom stereocenters. The van der Waals surface area contributed by atoms with Gasteiger partial charge < -0.3 is 15.5 Å². The van der Waals surface area contributed by atoms with Crippen LogP contribution >= 0.6 is 0 Å². The summed E-state index contributed by atoms with van der Waals surface area (Å²) in [5, 5.41) is 0. The molecule has 0 fully saturated rings. The van der Waals surface area contributed by atoms with Gasteiger partial charge in [-0.2, -0.15) is 0 Å². The van der Waals surface area contributed by atoms with Crippen molar-refractivity contribution in [1.29, 1.82) is 0 Å². The molecule has 1 unspecified atom stereocenters. The van der Waals surface area contributed by atoms with Crippen LogP contribution in [0.15, 0.2) is 24.3 Å². The monoisotopic (exact) mass is 233 g/mol. The van der Waals surface area contributed by atoms with E-state index in [1.165, 1.54) is 0 Å². The van der Waals surface area contributed by atoms with Crippen molar-refractivity contribution in [2.45, 2.75) is 19.4 Å². The molecule has 1 aromatic carbocycles. The number of nitrogens with two attached hydrogens (primary N) is 1. The Labute approximate surface area is 102 Å². The summed E-state index contributed by atoms with van der Waals surface area (Å²) in [5.74, 6) is 0.112. The number of para-hydroxylation sites is 2.